The predicted molar refractivity (Wildman–Crippen MR) is 85.1 cm³/mol. The number of hydrogen-bond donors (Lipinski definition) is 2. The Morgan fingerprint density at radius 1 is 1.14 bits per heavy atom. The molecule has 0 radical (unpaired) electrons. The highest BCUT2D eigenvalue weighted by atomic mass is 79.9. The Kier molecular flexibility index (Phi) is 8.15. The summed E-state index contributed by atoms with van der Waals surface area (Å²) in [5.41, 5.74) is 0.502. The molecule has 0 bridgehead atoms. The average Bonchev–Trinajstić information content (AvgIpc) is 2.50. The summed E-state index contributed by atoms with van der Waals surface area (Å²) in [5, 5.41) is 11.6. The van der Waals surface area contributed by atoms with Crippen LogP contribution in [0.25, 0.3) is 0 Å². The van der Waals surface area contributed by atoms with E-state index in [9.17, 15) is 4.79 Å². The van der Waals surface area contributed by atoms with Crippen LogP contribution < -0.4 is 14.8 Å². The van der Waals surface area contributed by atoms with Crippen molar-refractivity contribution in [2.45, 2.75) is 25.7 Å². The van der Waals surface area contributed by atoms with Gasteiger partial charge in [-0.05, 0) is 40.9 Å². The monoisotopic (exact) mass is 359 g/mol. The fourth-order valence-corrected chi connectivity index (χ4v) is 2.45. The largest absolute Gasteiger partial charge is 0.495 e. The lowest BCUT2D eigenvalue weighted by atomic mass is 10.1. The van der Waals surface area contributed by atoms with Crippen molar-refractivity contribution >= 4 is 21.8 Å². The van der Waals surface area contributed by atoms with Gasteiger partial charge >= 0.3 is 0 Å². The van der Waals surface area contributed by atoms with Gasteiger partial charge in [-0.15, -0.1) is 0 Å². The van der Waals surface area contributed by atoms with Crippen LogP contribution >= 0.6 is 15.9 Å². The van der Waals surface area contributed by atoms with Gasteiger partial charge in [0.1, 0.15) is 16.0 Å². The number of halogens is 1. The predicted octanol–water partition coefficient (Wildman–Crippen LogP) is 2.75. The molecular weight excluding hydrogens is 338 g/mol. The zero-order valence-electron chi connectivity index (χ0n) is 12.4. The molecule has 0 atom stereocenters. The normalized spacial score (nSPS) is 10.3. The number of aliphatic hydroxyl groups excluding tert-OH is 1. The summed E-state index contributed by atoms with van der Waals surface area (Å²) in [7, 11) is 3.09. The molecule has 1 aromatic carbocycles. The lowest BCUT2D eigenvalue weighted by Gasteiger charge is -2.11. The van der Waals surface area contributed by atoms with Crippen LogP contribution in [0.4, 0.5) is 0 Å². The van der Waals surface area contributed by atoms with Crippen LogP contribution in [0.5, 0.6) is 11.5 Å². The minimum atomic E-state index is -0.152. The second-order valence-corrected chi connectivity index (χ2v) is 5.38. The maximum absolute atomic E-state index is 12.1. The van der Waals surface area contributed by atoms with Crippen molar-refractivity contribution < 1.29 is 19.4 Å². The highest BCUT2D eigenvalue weighted by Gasteiger charge is 2.14. The molecular formula is C15H22BrNO4. The molecule has 118 valence electrons. The van der Waals surface area contributed by atoms with E-state index in [4.69, 9.17) is 14.6 Å². The van der Waals surface area contributed by atoms with Gasteiger partial charge in [0.2, 0.25) is 0 Å². The van der Waals surface area contributed by atoms with E-state index in [2.05, 4.69) is 21.2 Å². The lowest BCUT2D eigenvalue weighted by Crippen LogP contribution is -2.24. The molecule has 2 N–H and O–H groups in total. The van der Waals surface area contributed by atoms with Gasteiger partial charge in [-0.1, -0.05) is 12.8 Å². The van der Waals surface area contributed by atoms with Crippen LogP contribution in [0, 0.1) is 0 Å². The lowest BCUT2D eigenvalue weighted by molar-refractivity contribution is 0.0952. The standard InChI is InChI=1S/C15H22BrNO4/c1-20-12-9-11(10-13(21-2)14(12)16)15(19)17-7-5-3-4-6-8-18/h9-10,18H,3-8H2,1-2H3,(H,17,19). The molecule has 0 aliphatic carbocycles. The van der Waals surface area contributed by atoms with E-state index in [1.807, 2.05) is 0 Å². The van der Waals surface area contributed by atoms with Gasteiger partial charge in [-0.2, -0.15) is 0 Å². The highest BCUT2D eigenvalue weighted by Crippen LogP contribution is 2.35. The quantitative estimate of drug-likeness (QED) is 0.665. The molecule has 0 aromatic heterocycles. The number of carbonyl (C=O) groups excluding carboxylic acids is 1. The maximum Gasteiger partial charge on any atom is 0.251 e. The minimum absolute atomic E-state index is 0.152. The van der Waals surface area contributed by atoms with Crippen LogP contribution in [-0.2, 0) is 0 Å². The van der Waals surface area contributed by atoms with E-state index in [1.165, 1.54) is 0 Å². The summed E-state index contributed by atoms with van der Waals surface area (Å²) in [5.74, 6) is 0.964. The van der Waals surface area contributed by atoms with Crippen molar-refractivity contribution in [1.82, 2.24) is 5.32 Å². The van der Waals surface area contributed by atoms with Gasteiger partial charge in [-0.25, -0.2) is 0 Å². The summed E-state index contributed by atoms with van der Waals surface area (Å²) < 4.78 is 11.1. The number of unbranched alkanes of at least 4 members (excludes halogenated alkanes) is 3. The minimum Gasteiger partial charge on any atom is -0.495 e. The van der Waals surface area contributed by atoms with Crippen LogP contribution in [0.2, 0.25) is 0 Å². The van der Waals surface area contributed by atoms with Crippen LogP contribution in [0.1, 0.15) is 36.0 Å². The molecule has 0 aliphatic heterocycles. The smallest absolute Gasteiger partial charge is 0.251 e. The Morgan fingerprint density at radius 2 is 1.71 bits per heavy atom. The number of rotatable bonds is 9. The molecule has 1 rings (SSSR count). The van der Waals surface area contributed by atoms with E-state index < -0.39 is 0 Å². The number of amides is 1. The molecule has 6 heteroatoms. The Bertz CT molecular complexity index is 440. The molecule has 0 spiro atoms. The molecule has 0 aliphatic rings. The van der Waals surface area contributed by atoms with Crippen molar-refractivity contribution in [2.24, 2.45) is 0 Å². The third-order valence-electron chi connectivity index (χ3n) is 3.08. The van der Waals surface area contributed by atoms with Crippen molar-refractivity contribution in [1.29, 1.82) is 0 Å². The number of benzene rings is 1. The average molecular weight is 360 g/mol. The zero-order valence-corrected chi connectivity index (χ0v) is 14.0. The topological polar surface area (TPSA) is 67.8 Å². The summed E-state index contributed by atoms with van der Waals surface area (Å²) in [6.07, 6.45) is 3.69. The first-order valence-electron chi connectivity index (χ1n) is 6.94. The SMILES string of the molecule is COc1cc(C(=O)NCCCCCCO)cc(OC)c1Br. The van der Waals surface area contributed by atoms with Crippen molar-refractivity contribution in [3.05, 3.63) is 22.2 Å². The zero-order chi connectivity index (χ0) is 15.7. The number of nitrogens with one attached hydrogen (secondary N) is 1. The Labute approximate surface area is 133 Å². The fraction of sp³-hybridized carbons (Fsp3) is 0.533. The maximum atomic E-state index is 12.1. The number of carbonyl (C=O) groups is 1. The molecule has 0 unspecified atom stereocenters. The molecule has 1 aromatic rings. The van der Waals surface area contributed by atoms with E-state index >= 15 is 0 Å². The molecule has 0 saturated heterocycles. The van der Waals surface area contributed by atoms with Gasteiger partial charge in [0.05, 0.1) is 14.2 Å². The molecule has 1 amide bonds. The first-order valence-corrected chi connectivity index (χ1v) is 7.74. The van der Waals surface area contributed by atoms with Crippen LogP contribution in [0.15, 0.2) is 16.6 Å². The molecule has 0 heterocycles. The Morgan fingerprint density at radius 3 is 2.24 bits per heavy atom. The highest BCUT2D eigenvalue weighted by molar-refractivity contribution is 9.10. The Balaban J connectivity index is 2.57. The van der Waals surface area contributed by atoms with Gasteiger partial charge < -0.3 is 19.9 Å². The Hall–Kier alpha value is -1.27. The number of aliphatic hydroxyl groups is 1. The first-order chi connectivity index (χ1) is 10.1. The number of ether oxygens (including phenoxy) is 2. The van der Waals surface area contributed by atoms with E-state index in [0.29, 0.717) is 28.1 Å². The summed E-state index contributed by atoms with van der Waals surface area (Å²) in [4.78, 5) is 12.1. The van der Waals surface area contributed by atoms with E-state index in [0.717, 1.165) is 25.7 Å². The molecule has 5 nitrogen and oxygen atoms in total. The third-order valence-corrected chi connectivity index (χ3v) is 3.86. The summed E-state index contributed by atoms with van der Waals surface area (Å²) in [6.45, 7) is 0.843. The number of methoxy groups -OCH3 is 2. The van der Waals surface area contributed by atoms with Crippen molar-refractivity contribution in [3.63, 3.8) is 0 Å². The van der Waals surface area contributed by atoms with E-state index in [1.54, 1.807) is 26.4 Å². The summed E-state index contributed by atoms with van der Waals surface area (Å²) in [6, 6.07) is 3.35. The second kappa shape index (κ2) is 9.63. The number of hydrogen-bond acceptors (Lipinski definition) is 4. The van der Waals surface area contributed by atoms with Gasteiger partial charge in [0.25, 0.3) is 5.91 Å². The molecule has 21 heavy (non-hydrogen) atoms. The third kappa shape index (κ3) is 5.55. The fourth-order valence-electron chi connectivity index (χ4n) is 1.89. The van der Waals surface area contributed by atoms with Gasteiger partial charge in [0, 0.05) is 18.7 Å². The van der Waals surface area contributed by atoms with Crippen LogP contribution in [-0.4, -0.2) is 38.4 Å². The molecule has 0 fully saturated rings. The van der Waals surface area contributed by atoms with Gasteiger partial charge in [0.15, 0.2) is 0 Å². The van der Waals surface area contributed by atoms with Crippen molar-refractivity contribution in [2.75, 3.05) is 27.4 Å². The van der Waals surface area contributed by atoms with Gasteiger partial charge in [-0.3, -0.25) is 4.79 Å². The van der Waals surface area contributed by atoms with Crippen LogP contribution in [0.3, 0.4) is 0 Å². The first kappa shape index (κ1) is 17.8. The second-order valence-electron chi connectivity index (χ2n) is 4.59. The summed E-state index contributed by atoms with van der Waals surface area (Å²) >= 11 is 3.37. The molecule has 0 saturated carbocycles. The van der Waals surface area contributed by atoms with Crippen molar-refractivity contribution in [3.8, 4) is 11.5 Å². The van der Waals surface area contributed by atoms with E-state index in [-0.39, 0.29) is 12.5 Å².